The van der Waals surface area contributed by atoms with Crippen LogP contribution in [0, 0.1) is 5.82 Å². The fraction of sp³-hybridized carbons (Fsp3) is 0.300. The molecule has 0 radical (unpaired) electrons. The Morgan fingerprint density at radius 2 is 2.16 bits per heavy atom. The number of fused-ring (bicyclic) bond motifs is 2. The molecule has 160 valence electrons. The van der Waals surface area contributed by atoms with Crippen LogP contribution in [0.5, 0.6) is 0 Å². The van der Waals surface area contributed by atoms with Gasteiger partial charge in [-0.25, -0.2) is 14.4 Å². The zero-order valence-electron chi connectivity index (χ0n) is 16.5. The summed E-state index contributed by atoms with van der Waals surface area (Å²) < 4.78 is 25.0. The molecule has 4 heterocycles. The Hall–Kier alpha value is -3.24. The van der Waals surface area contributed by atoms with Crippen LogP contribution in [0.3, 0.4) is 0 Å². The predicted octanol–water partition coefficient (Wildman–Crippen LogP) is 3.35. The molecule has 3 aromatic heterocycles. The number of nitrogens with one attached hydrogen (secondary N) is 1. The Morgan fingerprint density at radius 1 is 1.35 bits per heavy atom. The first-order valence-electron chi connectivity index (χ1n) is 9.50. The number of carbonyl (C=O) groups excluding carboxylic acids is 1. The Morgan fingerprint density at radius 3 is 2.90 bits per heavy atom. The summed E-state index contributed by atoms with van der Waals surface area (Å²) in [5, 5.41) is 9.99. The van der Waals surface area contributed by atoms with Crippen molar-refractivity contribution in [2.24, 2.45) is 0 Å². The molecule has 5 rings (SSSR count). The van der Waals surface area contributed by atoms with Crippen molar-refractivity contribution < 1.29 is 23.1 Å². The molecule has 1 aliphatic rings. The van der Waals surface area contributed by atoms with Gasteiger partial charge in [0.2, 0.25) is 17.5 Å². The third-order valence-corrected chi connectivity index (χ3v) is 5.35. The maximum Gasteiger partial charge on any atom is 0.293 e. The van der Waals surface area contributed by atoms with Crippen LogP contribution in [0.4, 0.5) is 4.39 Å². The number of hydrogen-bond donors (Lipinski definition) is 2. The van der Waals surface area contributed by atoms with Gasteiger partial charge in [0.1, 0.15) is 16.9 Å². The number of aromatic nitrogens is 4. The second-order valence-corrected chi connectivity index (χ2v) is 8.14. The number of oxazole rings is 2. The third-order valence-electron chi connectivity index (χ3n) is 5.09. The molecule has 0 saturated heterocycles. The van der Waals surface area contributed by atoms with Gasteiger partial charge in [-0.15, -0.1) is 0 Å². The first-order valence-corrected chi connectivity index (χ1v) is 9.88. The van der Waals surface area contributed by atoms with E-state index in [0.29, 0.717) is 29.8 Å². The number of aliphatic hydroxyl groups is 1. The van der Waals surface area contributed by atoms with E-state index >= 15 is 0 Å². The molecule has 1 amide bonds. The van der Waals surface area contributed by atoms with Gasteiger partial charge in [-0.3, -0.25) is 4.79 Å². The van der Waals surface area contributed by atoms with Crippen LogP contribution in [-0.4, -0.2) is 42.4 Å². The summed E-state index contributed by atoms with van der Waals surface area (Å²) in [5.74, 6) is -1.10. The number of rotatable bonds is 3. The van der Waals surface area contributed by atoms with Crippen molar-refractivity contribution in [2.75, 3.05) is 6.54 Å². The first kappa shape index (κ1) is 19.7. The van der Waals surface area contributed by atoms with E-state index in [1.54, 1.807) is 0 Å². The number of halogens is 2. The van der Waals surface area contributed by atoms with Gasteiger partial charge in [0, 0.05) is 24.7 Å². The van der Waals surface area contributed by atoms with Crippen LogP contribution in [-0.2, 0) is 12.0 Å². The van der Waals surface area contributed by atoms with E-state index in [1.165, 1.54) is 43.3 Å². The Bertz CT molecular complexity index is 1300. The van der Waals surface area contributed by atoms with Crippen molar-refractivity contribution in [1.82, 2.24) is 24.8 Å². The molecule has 0 aliphatic carbocycles. The Balaban J connectivity index is 1.60. The fourth-order valence-corrected chi connectivity index (χ4v) is 3.80. The topological polar surface area (TPSA) is 121 Å². The average molecular weight is 446 g/mol. The molecular weight excluding hydrogens is 429 g/mol. The van der Waals surface area contributed by atoms with Crippen LogP contribution in [0.15, 0.2) is 33.4 Å². The van der Waals surface area contributed by atoms with E-state index in [2.05, 4.69) is 19.9 Å². The van der Waals surface area contributed by atoms with Crippen molar-refractivity contribution in [3.8, 4) is 0 Å². The summed E-state index contributed by atoms with van der Waals surface area (Å²) in [7, 11) is 0. The van der Waals surface area contributed by atoms with E-state index < -0.39 is 23.4 Å². The number of benzene rings is 1. The zero-order valence-corrected chi connectivity index (χ0v) is 17.3. The monoisotopic (exact) mass is 445 g/mol. The van der Waals surface area contributed by atoms with Crippen molar-refractivity contribution in [1.29, 1.82) is 0 Å². The highest BCUT2D eigenvalue weighted by Crippen LogP contribution is 2.37. The summed E-state index contributed by atoms with van der Waals surface area (Å²) in [6, 6.07) is 3.22. The molecule has 0 fully saturated rings. The Kier molecular flexibility index (Phi) is 4.38. The van der Waals surface area contributed by atoms with Gasteiger partial charge < -0.3 is 23.8 Å². The third kappa shape index (κ3) is 3.28. The maximum atomic E-state index is 13.6. The van der Waals surface area contributed by atoms with E-state index in [4.69, 9.17) is 20.4 Å². The molecule has 9 nitrogen and oxygen atoms in total. The number of aromatic amines is 1. The highest BCUT2D eigenvalue weighted by atomic mass is 35.5. The van der Waals surface area contributed by atoms with Gasteiger partial charge in [-0.2, -0.15) is 4.98 Å². The number of nitrogens with zero attached hydrogens (tertiary/aromatic N) is 4. The van der Waals surface area contributed by atoms with Gasteiger partial charge in [0.25, 0.3) is 5.91 Å². The number of hydrogen-bond acceptors (Lipinski definition) is 7. The first-order chi connectivity index (χ1) is 14.7. The summed E-state index contributed by atoms with van der Waals surface area (Å²) in [6.45, 7) is 3.24. The summed E-state index contributed by atoms with van der Waals surface area (Å²) in [4.78, 5) is 30.6. The van der Waals surface area contributed by atoms with E-state index in [0.717, 1.165) is 5.69 Å². The van der Waals surface area contributed by atoms with Crippen molar-refractivity contribution >= 4 is 28.6 Å². The van der Waals surface area contributed by atoms with Gasteiger partial charge >= 0.3 is 0 Å². The molecular formula is C20H17ClFN5O4. The van der Waals surface area contributed by atoms with E-state index in [-0.39, 0.29) is 22.7 Å². The minimum Gasteiger partial charge on any atom is -0.438 e. The SMILES string of the molecule is CC(C)(O)c1nc(Cl)c(C(=O)N2CCc3[nH]cnc3[C@H]2c2nc3cc(F)ccc3o2)o1. The van der Waals surface area contributed by atoms with E-state index in [9.17, 15) is 14.3 Å². The van der Waals surface area contributed by atoms with Gasteiger partial charge in [-0.05, 0) is 26.0 Å². The molecule has 0 spiro atoms. The molecule has 1 atom stereocenters. The number of carbonyl (C=O) groups is 1. The minimum atomic E-state index is -1.41. The van der Waals surface area contributed by atoms with Gasteiger partial charge in [0.05, 0.1) is 12.0 Å². The number of imidazole rings is 1. The van der Waals surface area contributed by atoms with Crippen LogP contribution < -0.4 is 0 Å². The smallest absolute Gasteiger partial charge is 0.293 e. The molecule has 0 bridgehead atoms. The van der Waals surface area contributed by atoms with Crippen LogP contribution in [0.25, 0.3) is 11.1 Å². The molecule has 1 aromatic carbocycles. The fourth-order valence-electron chi connectivity index (χ4n) is 3.61. The summed E-state index contributed by atoms with van der Waals surface area (Å²) in [5.41, 5.74) is 0.692. The molecule has 11 heteroatoms. The Labute approximate surface area is 179 Å². The molecule has 0 saturated carbocycles. The quantitative estimate of drug-likeness (QED) is 0.496. The molecule has 4 aromatic rings. The van der Waals surface area contributed by atoms with Crippen LogP contribution >= 0.6 is 11.6 Å². The van der Waals surface area contributed by atoms with E-state index in [1.807, 2.05) is 0 Å². The minimum absolute atomic E-state index is 0.0767. The molecule has 31 heavy (non-hydrogen) atoms. The second-order valence-electron chi connectivity index (χ2n) is 7.78. The van der Waals surface area contributed by atoms with Crippen LogP contribution in [0.2, 0.25) is 5.15 Å². The van der Waals surface area contributed by atoms with Gasteiger partial charge in [-0.1, -0.05) is 11.6 Å². The van der Waals surface area contributed by atoms with Crippen molar-refractivity contribution in [2.45, 2.75) is 31.9 Å². The van der Waals surface area contributed by atoms with Crippen LogP contribution in [0.1, 0.15) is 53.6 Å². The number of amides is 1. The van der Waals surface area contributed by atoms with Gasteiger partial charge in [0.15, 0.2) is 16.8 Å². The lowest BCUT2D eigenvalue weighted by molar-refractivity contribution is 0.0436. The van der Waals surface area contributed by atoms with Crippen molar-refractivity contribution in [3.05, 3.63) is 64.4 Å². The maximum absolute atomic E-state index is 13.6. The average Bonchev–Trinajstić information content (AvgIpc) is 3.43. The highest BCUT2D eigenvalue weighted by molar-refractivity contribution is 6.32. The highest BCUT2D eigenvalue weighted by Gasteiger charge is 2.40. The largest absolute Gasteiger partial charge is 0.438 e. The van der Waals surface area contributed by atoms with Crippen molar-refractivity contribution in [3.63, 3.8) is 0 Å². The zero-order chi connectivity index (χ0) is 21.9. The molecule has 1 aliphatic heterocycles. The lowest BCUT2D eigenvalue weighted by Crippen LogP contribution is -2.41. The molecule has 0 unspecified atom stereocenters. The standard InChI is InChI=1S/C20H17ClFN5O4/c1-20(2,29)19-26-16(21)15(31-19)18(28)27-6-5-10-13(24-8-23-10)14(27)17-25-11-7-9(22)3-4-12(11)30-17/h3-4,7-8,14,29H,5-6H2,1-2H3,(H,23,24)/t14-/m0/s1. The number of H-pyrrole nitrogens is 1. The normalized spacial score (nSPS) is 16.7. The summed E-state index contributed by atoms with van der Waals surface area (Å²) in [6.07, 6.45) is 2.04. The second kappa shape index (κ2) is 6.89. The lowest BCUT2D eigenvalue weighted by Gasteiger charge is -2.32. The lowest BCUT2D eigenvalue weighted by atomic mass is 10.0. The summed E-state index contributed by atoms with van der Waals surface area (Å²) >= 11 is 6.15. The predicted molar refractivity (Wildman–Crippen MR) is 106 cm³/mol. The molecule has 2 N–H and O–H groups in total.